The van der Waals surface area contributed by atoms with Gasteiger partial charge in [0, 0.05) is 24.7 Å². The Labute approximate surface area is 114 Å². The van der Waals surface area contributed by atoms with Crippen molar-refractivity contribution >= 4 is 17.7 Å². The van der Waals surface area contributed by atoms with E-state index in [2.05, 4.69) is 9.97 Å². The van der Waals surface area contributed by atoms with Crippen LogP contribution in [0.5, 0.6) is 0 Å². The number of hydrogen-bond donors (Lipinski definition) is 1. The molecule has 3 aromatic heterocycles. The molecule has 0 unspecified atom stereocenters. The third kappa shape index (κ3) is 1.97. The molecular weight excluding hydrogens is 256 g/mol. The summed E-state index contributed by atoms with van der Waals surface area (Å²) in [5.41, 5.74) is 1.45. The topological polar surface area (TPSA) is 72.4 Å². The fourth-order valence-corrected chi connectivity index (χ4v) is 2.09. The van der Waals surface area contributed by atoms with Crippen LogP contribution in [0.4, 0.5) is 0 Å². The van der Waals surface area contributed by atoms with Crippen molar-refractivity contribution in [3.05, 3.63) is 54.4 Å². The van der Waals surface area contributed by atoms with Gasteiger partial charge in [-0.1, -0.05) is 6.07 Å². The molecule has 1 N–H and O–H groups in total. The van der Waals surface area contributed by atoms with E-state index in [9.17, 15) is 4.79 Å². The van der Waals surface area contributed by atoms with Crippen molar-refractivity contribution in [1.29, 1.82) is 0 Å². The van der Waals surface area contributed by atoms with E-state index in [4.69, 9.17) is 5.11 Å². The zero-order chi connectivity index (χ0) is 14.1. The second-order valence-electron chi connectivity index (χ2n) is 4.27. The average Bonchev–Trinajstić information content (AvgIpc) is 2.99. The zero-order valence-corrected chi connectivity index (χ0v) is 10.8. The van der Waals surface area contributed by atoms with Crippen molar-refractivity contribution in [3.8, 4) is 5.82 Å². The van der Waals surface area contributed by atoms with E-state index in [1.807, 2.05) is 40.3 Å². The molecule has 0 aliphatic carbocycles. The van der Waals surface area contributed by atoms with Gasteiger partial charge in [-0.2, -0.15) is 0 Å². The number of carbonyl (C=O) groups is 1. The van der Waals surface area contributed by atoms with Gasteiger partial charge in [-0.05, 0) is 25.1 Å². The van der Waals surface area contributed by atoms with Crippen LogP contribution < -0.4 is 0 Å². The molecule has 0 spiro atoms. The van der Waals surface area contributed by atoms with Gasteiger partial charge < -0.3 is 5.11 Å². The minimum Gasteiger partial charge on any atom is -0.478 e. The second-order valence-corrected chi connectivity index (χ2v) is 4.27. The molecule has 0 aliphatic rings. The molecule has 100 valence electrons. The third-order valence-electron chi connectivity index (χ3n) is 2.99. The maximum absolute atomic E-state index is 10.8. The van der Waals surface area contributed by atoms with Crippen LogP contribution in [0.25, 0.3) is 17.5 Å². The first-order valence-electron chi connectivity index (χ1n) is 6.05. The molecule has 3 aromatic rings. The molecule has 6 heteroatoms. The van der Waals surface area contributed by atoms with Gasteiger partial charge in [-0.25, -0.2) is 14.8 Å². The Balaban J connectivity index is 2.28. The number of carboxylic acids is 1. The van der Waals surface area contributed by atoms with Crippen LogP contribution in [0.1, 0.15) is 11.5 Å². The van der Waals surface area contributed by atoms with Gasteiger partial charge in [0.25, 0.3) is 0 Å². The van der Waals surface area contributed by atoms with E-state index < -0.39 is 5.97 Å². The first-order chi connectivity index (χ1) is 9.66. The van der Waals surface area contributed by atoms with E-state index in [1.54, 1.807) is 12.4 Å². The molecule has 0 saturated carbocycles. The van der Waals surface area contributed by atoms with E-state index in [1.165, 1.54) is 6.08 Å². The molecule has 0 saturated heterocycles. The molecule has 0 fully saturated rings. The Morgan fingerprint density at radius 2 is 2.20 bits per heavy atom. The van der Waals surface area contributed by atoms with Crippen LogP contribution in [0, 0.1) is 6.92 Å². The normalized spacial score (nSPS) is 11.4. The summed E-state index contributed by atoms with van der Waals surface area (Å²) >= 11 is 0. The quantitative estimate of drug-likeness (QED) is 0.737. The maximum atomic E-state index is 10.8. The number of fused-ring (bicyclic) bond motifs is 1. The number of aryl methyl sites for hydroxylation is 1. The standard InChI is InChI=1S/C14H12N4O2/c1-10-15-7-9-17(10)14-11(5-6-13(19)20)18-8-3-2-4-12(18)16-14/h2-9H,1H3,(H,19,20)/b6-5+. The largest absolute Gasteiger partial charge is 0.478 e. The van der Waals surface area contributed by atoms with Crippen LogP contribution >= 0.6 is 0 Å². The molecule has 20 heavy (non-hydrogen) atoms. The van der Waals surface area contributed by atoms with E-state index in [0.29, 0.717) is 11.5 Å². The highest BCUT2D eigenvalue weighted by atomic mass is 16.4. The molecule has 0 aliphatic heterocycles. The lowest BCUT2D eigenvalue weighted by molar-refractivity contribution is -0.131. The number of rotatable bonds is 3. The second kappa shape index (κ2) is 4.65. The fourth-order valence-electron chi connectivity index (χ4n) is 2.09. The zero-order valence-electron chi connectivity index (χ0n) is 10.8. The van der Waals surface area contributed by atoms with Crippen LogP contribution in [-0.4, -0.2) is 30.0 Å². The van der Waals surface area contributed by atoms with E-state index in [0.717, 1.165) is 17.5 Å². The third-order valence-corrected chi connectivity index (χ3v) is 2.99. The molecule has 6 nitrogen and oxygen atoms in total. The summed E-state index contributed by atoms with van der Waals surface area (Å²) in [6, 6.07) is 5.63. The molecule has 0 radical (unpaired) electrons. The summed E-state index contributed by atoms with van der Waals surface area (Å²) in [7, 11) is 0. The Hall–Kier alpha value is -2.89. The van der Waals surface area contributed by atoms with Crippen LogP contribution in [-0.2, 0) is 4.79 Å². The van der Waals surface area contributed by atoms with Crippen LogP contribution in [0.2, 0.25) is 0 Å². The Kier molecular flexibility index (Phi) is 2.83. The Morgan fingerprint density at radius 1 is 1.35 bits per heavy atom. The number of nitrogens with zero attached hydrogens (tertiary/aromatic N) is 4. The molecule has 0 bridgehead atoms. The average molecular weight is 268 g/mol. The minimum atomic E-state index is -0.996. The summed E-state index contributed by atoms with van der Waals surface area (Å²) in [5.74, 6) is 0.450. The summed E-state index contributed by atoms with van der Waals surface area (Å²) < 4.78 is 3.67. The van der Waals surface area contributed by atoms with Crippen molar-refractivity contribution in [2.24, 2.45) is 0 Å². The van der Waals surface area contributed by atoms with Gasteiger partial charge in [0.1, 0.15) is 11.5 Å². The van der Waals surface area contributed by atoms with Gasteiger partial charge in [-0.3, -0.25) is 8.97 Å². The van der Waals surface area contributed by atoms with Gasteiger partial charge in [0.2, 0.25) is 0 Å². The highest BCUT2D eigenvalue weighted by molar-refractivity contribution is 5.86. The summed E-state index contributed by atoms with van der Waals surface area (Å²) in [6.07, 6.45) is 7.97. The number of imidazole rings is 2. The Bertz CT molecular complexity index is 814. The lowest BCUT2D eigenvalue weighted by Gasteiger charge is -2.02. The van der Waals surface area contributed by atoms with Crippen molar-refractivity contribution in [1.82, 2.24) is 18.9 Å². The smallest absolute Gasteiger partial charge is 0.328 e. The fraction of sp³-hybridized carbons (Fsp3) is 0.0714. The molecule has 0 aromatic carbocycles. The van der Waals surface area contributed by atoms with Crippen LogP contribution in [0.3, 0.4) is 0 Å². The number of aliphatic carboxylic acids is 1. The molecule has 3 rings (SSSR count). The maximum Gasteiger partial charge on any atom is 0.328 e. The summed E-state index contributed by atoms with van der Waals surface area (Å²) in [6.45, 7) is 1.87. The van der Waals surface area contributed by atoms with Crippen molar-refractivity contribution in [3.63, 3.8) is 0 Å². The summed E-state index contributed by atoms with van der Waals surface area (Å²) in [5, 5.41) is 8.82. The molecular formula is C14H12N4O2. The highest BCUT2D eigenvalue weighted by Gasteiger charge is 2.13. The van der Waals surface area contributed by atoms with Crippen molar-refractivity contribution in [2.75, 3.05) is 0 Å². The van der Waals surface area contributed by atoms with Gasteiger partial charge in [0.15, 0.2) is 5.82 Å². The van der Waals surface area contributed by atoms with Gasteiger partial charge >= 0.3 is 5.97 Å². The van der Waals surface area contributed by atoms with E-state index in [-0.39, 0.29) is 0 Å². The highest BCUT2D eigenvalue weighted by Crippen LogP contribution is 2.19. The lowest BCUT2D eigenvalue weighted by Crippen LogP contribution is -1.99. The monoisotopic (exact) mass is 268 g/mol. The first kappa shape index (κ1) is 12.2. The Morgan fingerprint density at radius 3 is 2.90 bits per heavy atom. The number of carboxylic acid groups (broad SMARTS) is 1. The van der Waals surface area contributed by atoms with Crippen molar-refractivity contribution in [2.45, 2.75) is 6.92 Å². The molecule has 0 amide bonds. The number of aromatic nitrogens is 4. The van der Waals surface area contributed by atoms with Gasteiger partial charge in [-0.15, -0.1) is 0 Å². The SMILES string of the molecule is Cc1nccn1-c1nc2ccccn2c1/C=C/C(=O)O. The number of pyridine rings is 1. The molecule has 3 heterocycles. The first-order valence-corrected chi connectivity index (χ1v) is 6.05. The van der Waals surface area contributed by atoms with Crippen molar-refractivity contribution < 1.29 is 9.90 Å². The summed E-state index contributed by atoms with van der Waals surface area (Å²) in [4.78, 5) is 19.5. The number of hydrogen-bond acceptors (Lipinski definition) is 3. The molecule has 0 atom stereocenters. The minimum absolute atomic E-state index is 0.656. The predicted molar refractivity (Wildman–Crippen MR) is 73.7 cm³/mol. The van der Waals surface area contributed by atoms with E-state index >= 15 is 0 Å². The lowest BCUT2D eigenvalue weighted by atomic mass is 10.3. The van der Waals surface area contributed by atoms with Crippen LogP contribution in [0.15, 0.2) is 42.9 Å². The van der Waals surface area contributed by atoms with Gasteiger partial charge in [0.05, 0.1) is 5.69 Å². The predicted octanol–water partition coefficient (Wildman–Crippen LogP) is 1.93.